The van der Waals surface area contributed by atoms with Crippen LogP contribution in [-0.4, -0.2) is 12.5 Å². The molecule has 1 amide bonds. The second-order valence-corrected chi connectivity index (χ2v) is 5.73. The fourth-order valence-electron chi connectivity index (χ4n) is 1.87. The minimum Gasteiger partial charge on any atom is -0.384 e. The van der Waals surface area contributed by atoms with Gasteiger partial charge in [0.25, 0.3) is 0 Å². The summed E-state index contributed by atoms with van der Waals surface area (Å²) >= 11 is 3.48. The van der Waals surface area contributed by atoms with Crippen LogP contribution in [-0.2, 0) is 4.79 Å². The second-order valence-electron chi connectivity index (χ2n) is 4.88. The number of carbonyl (C=O) groups is 1. The summed E-state index contributed by atoms with van der Waals surface area (Å²) in [6, 6.07) is 14.8. The predicted octanol–water partition coefficient (Wildman–Crippen LogP) is 4.07. The van der Waals surface area contributed by atoms with E-state index in [9.17, 15) is 4.79 Å². The maximum Gasteiger partial charge on any atom is 0.226 e. The number of halogens is 1. The van der Waals surface area contributed by atoms with Crippen LogP contribution < -0.4 is 10.6 Å². The van der Waals surface area contributed by atoms with E-state index in [2.05, 4.69) is 26.6 Å². The van der Waals surface area contributed by atoms with E-state index in [1.165, 1.54) is 5.56 Å². The molecule has 0 saturated carbocycles. The zero-order chi connectivity index (χ0) is 15.9. The van der Waals surface area contributed by atoms with Crippen LogP contribution in [0, 0.1) is 18.3 Å². The number of anilines is 2. The van der Waals surface area contributed by atoms with Gasteiger partial charge in [-0.3, -0.25) is 4.79 Å². The second kappa shape index (κ2) is 7.62. The molecule has 2 rings (SSSR count). The minimum absolute atomic E-state index is 0.0663. The molecule has 0 fully saturated rings. The highest BCUT2D eigenvalue weighted by atomic mass is 79.9. The molecule has 0 aliphatic rings. The van der Waals surface area contributed by atoms with Gasteiger partial charge in [0.05, 0.1) is 11.6 Å². The van der Waals surface area contributed by atoms with Gasteiger partial charge in [-0.25, -0.2) is 0 Å². The molecule has 2 N–H and O–H groups in total. The fraction of sp³-hybridized carbons (Fsp3) is 0.176. The van der Waals surface area contributed by atoms with Gasteiger partial charge in [-0.15, -0.1) is 0 Å². The van der Waals surface area contributed by atoms with Crippen molar-refractivity contribution in [2.45, 2.75) is 13.3 Å². The SMILES string of the molecule is Cc1ccc(NCCC(=O)Nc2ccc(C#N)cc2)cc1Br. The normalized spacial score (nSPS) is 9.86. The number of amides is 1. The standard InChI is InChI=1S/C17H16BrN3O/c1-12-2-5-15(10-16(12)18)20-9-8-17(22)21-14-6-3-13(11-19)4-7-14/h2-7,10,20H,8-9H2,1H3,(H,21,22). The van der Waals surface area contributed by atoms with E-state index in [0.29, 0.717) is 24.2 Å². The summed E-state index contributed by atoms with van der Waals surface area (Å²) in [5, 5.41) is 14.7. The number of hydrogen-bond acceptors (Lipinski definition) is 3. The van der Waals surface area contributed by atoms with Crippen molar-refractivity contribution in [1.82, 2.24) is 0 Å². The van der Waals surface area contributed by atoms with Crippen LogP contribution in [0.5, 0.6) is 0 Å². The summed E-state index contributed by atoms with van der Waals surface area (Å²) in [5.74, 6) is -0.0663. The summed E-state index contributed by atoms with van der Waals surface area (Å²) in [7, 11) is 0. The van der Waals surface area contributed by atoms with Gasteiger partial charge < -0.3 is 10.6 Å². The Hall–Kier alpha value is -2.32. The smallest absolute Gasteiger partial charge is 0.226 e. The lowest BCUT2D eigenvalue weighted by Crippen LogP contribution is -2.16. The van der Waals surface area contributed by atoms with E-state index in [4.69, 9.17) is 5.26 Å². The van der Waals surface area contributed by atoms with E-state index < -0.39 is 0 Å². The van der Waals surface area contributed by atoms with Crippen LogP contribution in [0.3, 0.4) is 0 Å². The first kappa shape index (κ1) is 16.1. The molecular weight excluding hydrogens is 342 g/mol. The van der Waals surface area contributed by atoms with Crippen molar-refractivity contribution >= 4 is 33.2 Å². The third kappa shape index (κ3) is 4.61. The molecule has 2 aromatic carbocycles. The van der Waals surface area contributed by atoms with Gasteiger partial charge in [0, 0.05) is 28.8 Å². The van der Waals surface area contributed by atoms with Crippen LogP contribution in [0.2, 0.25) is 0 Å². The number of aryl methyl sites for hydroxylation is 1. The third-order valence-corrected chi connectivity index (χ3v) is 4.01. The van der Waals surface area contributed by atoms with Crippen molar-refractivity contribution in [3.05, 3.63) is 58.1 Å². The van der Waals surface area contributed by atoms with Crippen molar-refractivity contribution in [2.24, 2.45) is 0 Å². The lowest BCUT2D eigenvalue weighted by atomic mass is 10.2. The number of carbonyl (C=O) groups excluding carboxylic acids is 1. The Kier molecular flexibility index (Phi) is 5.56. The van der Waals surface area contributed by atoms with Gasteiger partial charge in [-0.2, -0.15) is 5.26 Å². The van der Waals surface area contributed by atoms with Crippen LogP contribution in [0.1, 0.15) is 17.5 Å². The largest absolute Gasteiger partial charge is 0.384 e. The van der Waals surface area contributed by atoms with E-state index in [-0.39, 0.29) is 5.91 Å². The molecule has 0 unspecified atom stereocenters. The van der Waals surface area contributed by atoms with Gasteiger partial charge in [0.1, 0.15) is 0 Å². The number of hydrogen-bond donors (Lipinski definition) is 2. The van der Waals surface area contributed by atoms with E-state index >= 15 is 0 Å². The molecule has 5 heteroatoms. The predicted molar refractivity (Wildman–Crippen MR) is 91.8 cm³/mol. The quantitative estimate of drug-likeness (QED) is 0.847. The third-order valence-electron chi connectivity index (χ3n) is 3.15. The number of rotatable bonds is 5. The minimum atomic E-state index is -0.0663. The molecular formula is C17H16BrN3O. The van der Waals surface area contributed by atoms with Crippen molar-refractivity contribution in [1.29, 1.82) is 5.26 Å². The van der Waals surface area contributed by atoms with E-state index in [1.54, 1.807) is 24.3 Å². The topological polar surface area (TPSA) is 64.9 Å². The Balaban J connectivity index is 1.80. The first-order valence-electron chi connectivity index (χ1n) is 6.88. The molecule has 0 saturated heterocycles. The lowest BCUT2D eigenvalue weighted by Gasteiger charge is -2.09. The molecule has 0 aliphatic heterocycles. The molecule has 2 aromatic rings. The highest BCUT2D eigenvalue weighted by Crippen LogP contribution is 2.20. The van der Waals surface area contributed by atoms with Crippen LogP contribution >= 0.6 is 15.9 Å². The first-order valence-corrected chi connectivity index (χ1v) is 7.68. The van der Waals surface area contributed by atoms with Crippen LogP contribution in [0.15, 0.2) is 46.9 Å². The molecule has 0 atom stereocenters. The highest BCUT2D eigenvalue weighted by molar-refractivity contribution is 9.10. The molecule has 0 bridgehead atoms. The van der Waals surface area contributed by atoms with Gasteiger partial charge >= 0.3 is 0 Å². The maximum absolute atomic E-state index is 11.9. The monoisotopic (exact) mass is 357 g/mol. The number of benzene rings is 2. The summed E-state index contributed by atoms with van der Waals surface area (Å²) in [5.41, 5.74) is 3.42. The van der Waals surface area contributed by atoms with Crippen molar-refractivity contribution in [3.63, 3.8) is 0 Å². The fourth-order valence-corrected chi connectivity index (χ4v) is 2.25. The molecule has 0 spiro atoms. The maximum atomic E-state index is 11.9. The zero-order valence-electron chi connectivity index (χ0n) is 12.2. The van der Waals surface area contributed by atoms with E-state index in [1.807, 2.05) is 31.2 Å². The molecule has 0 radical (unpaired) electrons. The molecule has 4 nitrogen and oxygen atoms in total. The van der Waals surface area contributed by atoms with E-state index in [0.717, 1.165) is 10.2 Å². The zero-order valence-corrected chi connectivity index (χ0v) is 13.8. The Morgan fingerprint density at radius 1 is 1.18 bits per heavy atom. The number of nitrogens with zero attached hydrogens (tertiary/aromatic N) is 1. The average Bonchev–Trinajstić information content (AvgIpc) is 2.51. The number of nitrogens with one attached hydrogen (secondary N) is 2. The lowest BCUT2D eigenvalue weighted by molar-refractivity contribution is -0.115. The molecule has 0 aromatic heterocycles. The van der Waals surface area contributed by atoms with Crippen molar-refractivity contribution < 1.29 is 4.79 Å². The average molecular weight is 358 g/mol. The molecule has 112 valence electrons. The highest BCUT2D eigenvalue weighted by Gasteiger charge is 2.03. The number of nitriles is 1. The molecule has 0 aliphatic carbocycles. The van der Waals surface area contributed by atoms with Gasteiger partial charge in [-0.1, -0.05) is 22.0 Å². The van der Waals surface area contributed by atoms with Gasteiger partial charge in [0.2, 0.25) is 5.91 Å². The Labute approximate surface area is 138 Å². The summed E-state index contributed by atoms with van der Waals surface area (Å²) in [4.78, 5) is 11.9. The summed E-state index contributed by atoms with van der Waals surface area (Å²) < 4.78 is 1.04. The molecule has 0 heterocycles. The van der Waals surface area contributed by atoms with Gasteiger partial charge in [-0.05, 0) is 48.9 Å². The van der Waals surface area contributed by atoms with Crippen LogP contribution in [0.4, 0.5) is 11.4 Å². The van der Waals surface area contributed by atoms with Crippen molar-refractivity contribution in [3.8, 4) is 6.07 Å². The first-order chi connectivity index (χ1) is 10.6. The Morgan fingerprint density at radius 2 is 1.86 bits per heavy atom. The van der Waals surface area contributed by atoms with Crippen molar-refractivity contribution in [2.75, 3.05) is 17.2 Å². The summed E-state index contributed by atoms with van der Waals surface area (Å²) in [6.45, 7) is 2.58. The van der Waals surface area contributed by atoms with Crippen LogP contribution in [0.25, 0.3) is 0 Å². The Morgan fingerprint density at radius 3 is 2.50 bits per heavy atom. The van der Waals surface area contributed by atoms with Gasteiger partial charge in [0.15, 0.2) is 0 Å². The Bertz CT molecular complexity index is 705. The molecule has 22 heavy (non-hydrogen) atoms. The summed E-state index contributed by atoms with van der Waals surface area (Å²) in [6.07, 6.45) is 0.367.